The van der Waals surface area contributed by atoms with Gasteiger partial charge >= 0.3 is 0 Å². The van der Waals surface area contributed by atoms with Gasteiger partial charge in [0.1, 0.15) is 0 Å². The second-order valence-corrected chi connectivity index (χ2v) is 5.36. The molecule has 0 aromatic carbocycles. The second kappa shape index (κ2) is 5.13. The van der Waals surface area contributed by atoms with Crippen molar-refractivity contribution in [1.29, 1.82) is 0 Å². The topological polar surface area (TPSA) is 15.3 Å². The predicted molar refractivity (Wildman–Crippen MR) is 67.2 cm³/mol. The van der Waals surface area contributed by atoms with Crippen molar-refractivity contribution in [3.8, 4) is 0 Å². The van der Waals surface area contributed by atoms with Gasteiger partial charge in [0, 0.05) is 31.2 Å². The van der Waals surface area contributed by atoms with Crippen molar-refractivity contribution in [2.75, 3.05) is 19.6 Å². The first-order valence-electron chi connectivity index (χ1n) is 6.09. The summed E-state index contributed by atoms with van der Waals surface area (Å²) >= 11 is 0. The second-order valence-electron chi connectivity index (χ2n) is 5.36. The molecule has 0 amide bonds. The van der Waals surface area contributed by atoms with E-state index in [0.29, 0.717) is 11.6 Å². The van der Waals surface area contributed by atoms with Crippen molar-refractivity contribution in [2.45, 2.75) is 52.6 Å². The largest absolute Gasteiger partial charge is 0.309 e. The Labute approximate surface area is 94.7 Å². The van der Waals surface area contributed by atoms with Crippen LogP contribution in [0.3, 0.4) is 0 Å². The highest BCUT2D eigenvalue weighted by Gasteiger charge is 2.31. The fourth-order valence-electron chi connectivity index (χ4n) is 1.96. The van der Waals surface area contributed by atoms with Crippen LogP contribution in [0.5, 0.6) is 0 Å². The molecule has 2 atom stereocenters. The molecule has 1 rings (SSSR count). The Hall–Kier alpha value is -0.340. The van der Waals surface area contributed by atoms with Crippen molar-refractivity contribution in [2.24, 2.45) is 0 Å². The van der Waals surface area contributed by atoms with Gasteiger partial charge in [-0.3, -0.25) is 4.90 Å². The average molecular weight is 210 g/mol. The number of allylic oxidation sites excluding steroid dienone is 1. The molecule has 1 heterocycles. The minimum absolute atomic E-state index is 0.308. The summed E-state index contributed by atoms with van der Waals surface area (Å²) in [5, 5.41) is 3.65. The Morgan fingerprint density at radius 1 is 1.53 bits per heavy atom. The molecule has 2 nitrogen and oxygen atoms in total. The molecule has 1 aliphatic rings. The van der Waals surface area contributed by atoms with Crippen LogP contribution < -0.4 is 5.32 Å². The number of nitrogens with zero attached hydrogens (tertiary/aromatic N) is 1. The van der Waals surface area contributed by atoms with Gasteiger partial charge < -0.3 is 5.32 Å². The fourth-order valence-corrected chi connectivity index (χ4v) is 1.96. The lowest BCUT2D eigenvalue weighted by molar-refractivity contribution is 0.105. The molecule has 0 radical (unpaired) electrons. The zero-order valence-corrected chi connectivity index (χ0v) is 10.9. The molecule has 1 fully saturated rings. The Morgan fingerprint density at radius 2 is 2.20 bits per heavy atom. The van der Waals surface area contributed by atoms with E-state index in [1.54, 1.807) is 0 Å². The lowest BCUT2D eigenvalue weighted by Crippen LogP contribution is -2.61. The van der Waals surface area contributed by atoms with E-state index in [0.717, 1.165) is 19.6 Å². The van der Waals surface area contributed by atoms with Gasteiger partial charge in [0.05, 0.1) is 0 Å². The molecule has 0 saturated carbocycles. The molecule has 1 aliphatic heterocycles. The maximum absolute atomic E-state index is 3.65. The minimum atomic E-state index is 0.308. The zero-order valence-electron chi connectivity index (χ0n) is 10.9. The molecule has 1 N–H and O–H groups in total. The van der Waals surface area contributed by atoms with E-state index in [4.69, 9.17) is 0 Å². The van der Waals surface area contributed by atoms with E-state index < -0.39 is 0 Å². The van der Waals surface area contributed by atoms with Gasteiger partial charge in [-0.2, -0.15) is 0 Å². The molecule has 0 aliphatic carbocycles. The molecule has 88 valence electrons. The summed E-state index contributed by atoms with van der Waals surface area (Å²) in [4.78, 5) is 2.58. The number of piperazine rings is 1. The quantitative estimate of drug-likeness (QED) is 0.720. The van der Waals surface area contributed by atoms with Crippen molar-refractivity contribution >= 4 is 0 Å². The van der Waals surface area contributed by atoms with Gasteiger partial charge in [-0.15, -0.1) is 0 Å². The van der Waals surface area contributed by atoms with Crippen molar-refractivity contribution in [3.63, 3.8) is 0 Å². The number of nitrogens with one attached hydrogen (secondary N) is 1. The minimum Gasteiger partial charge on any atom is -0.309 e. The maximum atomic E-state index is 3.65. The first kappa shape index (κ1) is 12.7. The molecule has 0 spiro atoms. The van der Waals surface area contributed by atoms with E-state index in [-0.39, 0.29) is 0 Å². The van der Waals surface area contributed by atoms with Crippen LogP contribution in [0.2, 0.25) is 0 Å². The Kier molecular flexibility index (Phi) is 4.35. The monoisotopic (exact) mass is 210 g/mol. The van der Waals surface area contributed by atoms with Crippen LogP contribution in [-0.2, 0) is 0 Å². The van der Waals surface area contributed by atoms with E-state index in [1.165, 1.54) is 12.0 Å². The number of hydrogen-bond donors (Lipinski definition) is 1. The normalized spacial score (nSPS) is 32.7. The molecule has 0 aromatic rings. The van der Waals surface area contributed by atoms with Crippen LogP contribution in [0.4, 0.5) is 0 Å². The molecular weight excluding hydrogens is 184 g/mol. The number of hydrogen-bond acceptors (Lipinski definition) is 2. The summed E-state index contributed by atoms with van der Waals surface area (Å²) in [6, 6.07) is 0.653. The van der Waals surface area contributed by atoms with Gasteiger partial charge in [0.2, 0.25) is 0 Å². The van der Waals surface area contributed by atoms with Gasteiger partial charge in [-0.05, 0) is 34.1 Å². The van der Waals surface area contributed by atoms with Crippen LogP contribution in [0.25, 0.3) is 0 Å². The highest BCUT2D eigenvalue weighted by Crippen LogP contribution is 2.18. The van der Waals surface area contributed by atoms with Gasteiger partial charge in [-0.1, -0.05) is 18.6 Å². The lowest BCUT2D eigenvalue weighted by atomic mass is 9.94. The molecule has 1 saturated heterocycles. The van der Waals surface area contributed by atoms with E-state index in [9.17, 15) is 0 Å². The SMILES string of the molecule is CCC1(C)CN(CC=C(C)C)C(C)CN1. The fraction of sp³-hybridized carbons (Fsp3) is 0.846. The summed E-state index contributed by atoms with van der Waals surface area (Å²) in [5.74, 6) is 0. The maximum Gasteiger partial charge on any atom is 0.0278 e. The van der Waals surface area contributed by atoms with Crippen LogP contribution in [-0.4, -0.2) is 36.1 Å². The third kappa shape index (κ3) is 3.62. The first-order chi connectivity index (χ1) is 6.97. The third-order valence-corrected chi connectivity index (χ3v) is 3.51. The summed E-state index contributed by atoms with van der Waals surface area (Å²) in [6.07, 6.45) is 3.53. The molecule has 15 heavy (non-hydrogen) atoms. The summed E-state index contributed by atoms with van der Waals surface area (Å²) in [5.41, 5.74) is 1.72. The lowest BCUT2D eigenvalue weighted by Gasteiger charge is -2.44. The third-order valence-electron chi connectivity index (χ3n) is 3.51. The average Bonchev–Trinajstić information content (AvgIpc) is 2.20. The Bertz CT molecular complexity index is 231. The molecule has 2 unspecified atom stereocenters. The summed E-state index contributed by atoms with van der Waals surface area (Å²) in [7, 11) is 0. The standard InChI is InChI=1S/C13H26N2/c1-6-13(5)10-15(8-7-11(2)3)12(4)9-14-13/h7,12,14H,6,8-10H2,1-5H3. The van der Waals surface area contributed by atoms with E-state index in [1.807, 2.05) is 0 Å². The van der Waals surface area contributed by atoms with Crippen molar-refractivity contribution in [1.82, 2.24) is 10.2 Å². The van der Waals surface area contributed by atoms with E-state index in [2.05, 4.69) is 50.9 Å². The Balaban J connectivity index is 2.57. The van der Waals surface area contributed by atoms with Gasteiger partial charge in [0.15, 0.2) is 0 Å². The smallest absolute Gasteiger partial charge is 0.0278 e. The van der Waals surface area contributed by atoms with Crippen molar-refractivity contribution < 1.29 is 0 Å². The highest BCUT2D eigenvalue weighted by molar-refractivity contribution is 4.99. The first-order valence-corrected chi connectivity index (χ1v) is 6.09. The molecular formula is C13H26N2. The Morgan fingerprint density at radius 3 is 2.73 bits per heavy atom. The van der Waals surface area contributed by atoms with Crippen LogP contribution in [0.15, 0.2) is 11.6 Å². The van der Waals surface area contributed by atoms with Gasteiger partial charge in [0.25, 0.3) is 0 Å². The highest BCUT2D eigenvalue weighted by atomic mass is 15.2. The summed E-state index contributed by atoms with van der Waals surface area (Å²) < 4.78 is 0. The van der Waals surface area contributed by atoms with Crippen LogP contribution in [0.1, 0.15) is 41.0 Å². The molecule has 0 bridgehead atoms. The van der Waals surface area contributed by atoms with Gasteiger partial charge in [-0.25, -0.2) is 0 Å². The summed E-state index contributed by atoms with van der Waals surface area (Å²) in [6.45, 7) is 14.6. The van der Waals surface area contributed by atoms with Crippen LogP contribution in [0, 0.1) is 0 Å². The van der Waals surface area contributed by atoms with E-state index >= 15 is 0 Å². The van der Waals surface area contributed by atoms with Crippen molar-refractivity contribution in [3.05, 3.63) is 11.6 Å². The zero-order chi connectivity index (χ0) is 11.5. The number of rotatable bonds is 3. The van der Waals surface area contributed by atoms with Crippen LogP contribution >= 0.6 is 0 Å². The molecule has 0 aromatic heterocycles. The molecule has 2 heteroatoms. The predicted octanol–water partition coefficient (Wildman–Crippen LogP) is 2.42.